The molecule has 0 fully saturated rings. The quantitative estimate of drug-likeness (QED) is 0.0366. The number of hydrogen-bond acceptors (Lipinski definition) is 6. The van der Waals surface area contributed by atoms with Gasteiger partial charge in [-0.15, -0.1) is 0 Å². The molecular formula is C41H81O8P. The Morgan fingerprint density at radius 3 is 1.08 bits per heavy atom. The van der Waals surface area contributed by atoms with Crippen LogP contribution in [0.5, 0.6) is 0 Å². The van der Waals surface area contributed by atoms with E-state index in [1.54, 1.807) is 0 Å². The molecule has 0 aliphatic rings. The van der Waals surface area contributed by atoms with Gasteiger partial charge in [0.2, 0.25) is 0 Å². The fourth-order valence-electron chi connectivity index (χ4n) is 6.33. The smallest absolute Gasteiger partial charge is 0.462 e. The lowest BCUT2D eigenvalue weighted by atomic mass is 10.0. The van der Waals surface area contributed by atoms with Crippen LogP contribution in [0.15, 0.2) is 0 Å². The Morgan fingerprint density at radius 1 is 0.460 bits per heavy atom. The van der Waals surface area contributed by atoms with E-state index < -0.39 is 32.5 Å². The van der Waals surface area contributed by atoms with E-state index in [1.807, 2.05) is 0 Å². The monoisotopic (exact) mass is 733 g/mol. The zero-order chi connectivity index (χ0) is 37.1. The van der Waals surface area contributed by atoms with Gasteiger partial charge in [0, 0.05) is 12.8 Å². The first kappa shape index (κ1) is 49.0. The summed E-state index contributed by atoms with van der Waals surface area (Å²) >= 11 is 0. The van der Waals surface area contributed by atoms with Crippen molar-refractivity contribution >= 4 is 19.8 Å². The van der Waals surface area contributed by atoms with Gasteiger partial charge in [-0.1, -0.05) is 195 Å². The third-order valence-electron chi connectivity index (χ3n) is 9.48. The van der Waals surface area contributed by atoms with Gasteiger partial charge in [-0.25, -0.2) is 4.57 Å². The second kappa shape index (κ2) is 35.1. The third kappa shape index (κ3) is 39.8. The number of carbonyl (C=O) groups is 2. The maximum absolute atomic E-state index is 12.3. The van der Waals surface area contributed by atoms with Crippen molar-refractivity contribution in [2.45, 2.75) is 226 Å². The fourth-order valence-corrected chi connectivity index (χ4v) is 6.69. The predicted octanol–water partition coefficient (Wildman–Crippen LogP) is 12.6. The van der Waals surface area contributed by atoms with Gasteiger partial charge in [-0.2, -0.15) is 0 Å². The van der Waals surface area contributed by atoms with Crippen molar-refractivity contribution < 1.29 is 37.9 Å². The molecule has 0 aliphatic heterocycles. The Balaban J connectivity index is 3.80. The standard InChI is InChI=1S/C41H81O8P/c1-37(2)31-27-23-19-15-13-11-9-7-5-6-8-10-12-14-16-21-25-29-33-40(42)47-35-39(36-48-50(44,45)46)49-41(43)34-30-26-22-18-17-20-24-28-32-38(3)4/h37-39H,5-36H2,1-4H3,(H2,44,45,46)/t39-/m1/s1. The highest BCUT2D eigenvalue weighted by molar-refractivity contribution is 7.46. The van der Waals surface area contributed by atoms with Crippen LogP contribution in [0, 0.1) is 11.8 Å². The number of phosphoric ester groups is 1. The van der Waals surface area contributed by atoms with Gasteiger partial charge >= 0.3 is 19.8 Å². The van der Waals surface area contributed by atoms with Gasteiger partial charge in [0.1, 0.15) is 6.61 Å². The van der Waals surface area contributed by atoms with E-state index in [1.165, 1.54) is 135 Å². The number of rotatable bonds is 38. The topological polar surface area (TPSA) is 119 Å². The van der Waals surface area contributed by atoms with Crippen molar-refractivity contribution in [2.75, 3.05) is 13.2 Å². The summed E-state index contributed by atoms with van der Waals surface area (Å²) in [4.78, 5) is 42.8. The van der Waals surface area contributed by atoms with Crippen LogP contribution in [0.4, 0.5) is 0 Å². The van der Waals surface area contributed by atoms with Crippen LogP contribution in [0.25, 0.3) is 0 Å². The Hall–Kier alpha value is -0.950. The maximum Gasteiger partial charge on any atom is 0.469 e. The van der Waals surface area contributed by atoms with Crippen molar-refractivity contribution in [1.29, 1.82) is 0 Å². The molecule has 0 aromatic rings. The van der Waals surface area contributed by atoms with E-state index in [4.69, 9.17) is 19.3 Å². The first-order valence-corrected chi connectivity index (χ1v) is 22.6. The molecule has 1 atom stereocenters. The third-order valence-corrected chi connectivity index (χ3v) is 9.97. The molecule has 0 unspecified atom stereocenters. The molecule has 0 radical (unpaired) electrons. The second-order valence-electron chi connectivity index (χ2n) is 15.6. The van der Waals surface area contributed by atoms with Gasteiger partial charge in [-0.3, -0.25) is 14.1 Å². The van der Waals surface area contributed by atoms with Crippen LogP contribution in [-0.4, -0.2) is 41.0 Å². The second-order valence-corrected chi connectivity index (χ2v) is 16.9. The Morgan fingerprint density at radius 2 is 0.760 bits per heavy atom. The number of esters is 2. The van der Waals surface area contributed by atoms with Gasteiger partial charge in [-0.05, 0) is 24.7 Å². The minimum absolute atomic E-state index is 0.216. The number of unbranched alkanes of at least 4 members (excludes halogenated alkanes) is 24. The van der Waals surface area contributed by atoms with E-state index in [-0.39, 0.29) is 19.4 Å². The molecule has 0 saturated heterocycles. The normalized spacial score (nSPS) is 12.6. The molecule has 9 heteroatoms. The molecule has 0 aromatic heterocycles. The molecule has 0 saturated carbocycles. The minimum Gasteiger partial charge on any atom is -0.462 e. The summed E-state index contributed by atoms with van der Waals surface area (Å²) in [5, 5.41) is 0. The molecular weight excluding hydrogens is 651 g/mol. The molecule has 0 heterocycles. The van der Waals surface area contributed by atoms with Crippen LogP contribution in [0.3, 0.4) is 0 Å². The summed E-state index contributed by atoms with van der Waals surface area (Å²) in [6.45, 7) is 8.34. The molecule has 0 bridgehead atoms. The molecule has 0 spiro atoms. The lowest BCUT2D eigenvalue weighted by molar-refractivity contribution is -0.161. The lowest BCUT2D eigenvalue weighted by Gasteiger charge is -2.18. The fraction of sp³-hybridized carbons (Fsp3) is 0.951. The number of carbonyl (C=O) groups excluding carboxylic acids is 2. The lowest BCUT2D eigenvalue weighted by Crippen LogP contribution is -2.29. The van der Waals surface area contributed by atoms with Crippen LogP contribution in [0.2, 0.25) is 0 Å². The average molecular weight is 733 g/mol. The summed E-state index contributed by atoms with van der Waals surface area (Å²) in [5.74, 6) is 0.748. The number of ether oxygens (including phenoxy) is 2. The zero-order valence-electron chi connectivity index (χ0n) is 33.2. The number of phosphoric acid groups is 1. The predicted molar refractivity (Wildman–Crippen MR) is 207 cm³/mol. The number of hydrogen-bond donors (Lipinski definition) is 2. The highest BCUT2D eigenvalue weighted by atomic mass is 31.2. The zero-order valence-corrected chi connectivity index (χ0v) is 34.0. The molecule has 50 heavy (non-hydrogen) atoms. The first-order chi connectivity index (χ1) is 24.0. The van der Waals surface area contributed by atoms with Crippen LogP contribution >= 0.6 is 7.82 Å². The molecule has 0 amide bonds. The van der Waals surface area contributed by atoms with E-state index in [0.29, 0.717) is 6.42 Å². The maximum atomic E-state index is 12.3. The van der Waals surface area contributed by atoms with Crippen LogP contribution < -0.4 is 0 Å². The molecule has 2 N–H and O–H groups in total. The van der Waals surface area contributed by atoms with E-state index in [2.05, 4.69) is 32.2 Å². The Bertz CT molecular complexity index is 812. The summed E-state index contributed by atoms with van der Waals surface area (Å²) in [7, 11) is -4.74. The first-order valence-electron chi connectivity index (χ1n) is 21.0. The van der Waals surface area contributed by atoms with E-state index in [9.17, 15) is 14.2 Å². The SMILES string of the molecule is CC(C)CCCCCCCCCCCCCCCCCCCCC(=O)OC[C@H](COP(=O)(O)O)OC(=O)CCCCCCCCCCC(C)C. The highest BCUT2D eigenvalue weighted by Crippen LogP contribution is 2.36. The Kier molecular flexibility index (Phi) is 34.4. The van der Waals surface area contributed by atoms with Gasteiger partial charge < -0.3 is 19.3 Å². The molecule has 0 aliphatic carbocycles. The summed E-state index contributed by atoms with van der Waals surface area (Å²) in [5.41, 5.74) is 0. The van der Waals surface area contributed by atoms with Gasteiger partial charge in [0.05, 0.1) is 6.61 Å². The van der Waals surface area contributed by atoms with Crippen LogP contribution in [0.1, 0.15) is 220 Å². The van der Waals surface area contributed by atoms with Crippen LogP contribution in [-0.2, 0) is 28.2 Å². The van der Waals surface area contributed by atoms with Crippen molar-refractivity contribution in [3.05, 3.63) is 0 Å². The van der Waals surface area contributed by atoms with Crippen molar-refractivity contribution in [1.82, 2.24) is 0 Å². The minimum atomic E-state index is -4.74. The summed E-state index contributed by atoms with van der Waals surface area (Å²) < 4.78 is 26.3. The van der Waals surface area contributed by atoms with Gasteiger partial charge in [0.15, 0.2) is 6.10 Å². The molecule has 298 valence electrons. The average Bonchev–Trinajstić information content (AvgIpc) is 3.05. The molecule has 8 nitrogen and oxygen atoms in total. The summed E-state index contributed by atoms with van der Waals surface area (Å²) in [6.07, 6.45) is 34.2. The van der Waals surface area contributed by atoms with Crippen molar-refractivity contribution in [2.24, 2.45) is 11.8 Å². The van der Waals surface area contributed by atoms with E-state index >= 15 is 0 Å². The van der Waals surface area contributed by atoms with Crippen molar-refractivity contribution in [3.8, 4) is 0 Å². The van der Waals surface area contributed by atoms with E-state index in [0.717, 1.165) is 50.4 Å². The molecule has 0 aromatic carbocycles. The summed E-state index contributed by atoms with van der Waals surface area (Å²) in [6, 6.07) is 0. The van der Waals surface area contributed by atoms with Crippen molar-refractivity contribution in [3.63, 3.8) is 0 Å². The highest BCUT2D eigenvalue weighted by Gasteiger charge is 2.23. The molecule has 0 rings (SSSR count). The largest absolute Gasteiger partial charge is 0.469 e. The Labute approximate surface area is 308 Å². The van der Waals surface area contributed by atoms with Gasteiger partial charge in [0.25, 0.3) is 0 Å².